The van der Waals surface area contributed by atoms with Crippen molar-refractivity contribution in [2.24, 2.45) is 0 Å². The molecule has 0 aliphatic carbocycles. The smallest absolute Gasteiger partial charge is 0.330 e. The minimum absolute atomic E-state index is 0.184. The Morgan fingerprint density at radius 2 is 2.04 bits per heavy atom. The predicted octanol–water partition coefficient (Wildman–Crippen LogP) is 1.92. The van der Waals surface area contributed by atoms with Gasteiger partial charge < -0.3 is 14.7 Å². The fraction of sp³-hybridized carbons (Fsp3) is 0.500. The van der Waals surface area contributed by atoms with Crippen LogP contribution < -0.4 is 0 Å². The summed E-state index contributed by atoms with van der Waals surface area (Å²) in [7, 11) is 0. The number of aliphatic hydroxyl groups is 1. The number of fused-ring (bicyclic) bond motifs is 1. The van der Waals surface area contributed by atoms with Crippen molar-refractivity contribution in [3.63, 3.8) is 0 Å². The maximum atomic E-state index is 12.6. The van der Waals surface area contributed by atoms with Gasteiger partial charge in [-0.1, -0.05) is 46.3 Å². The van der Waals surface area contributed by atoms with Crippen LogP contribution in [0.15, 0.2) is 30.3 Å². The summed E-state index contributed by atoms with van der Waals surface area (Å²) in [5.74, 6) is -0.667. The highest BCUT2D eigenvalue weighted by Gasteiger charge is 2.70. The average molecular weight is 400 g/mol. The third-order valence-corrected chi connectivity index (χ3v) is 7.27. The molecule has 124 valence electrons. The first-order valence-corrected chi connectivity index (χ1v) is 8.99. The van der Waals surface area contributed by atoms with Gasteiger partial charge in [-0.3, -0.25) is 4.79 Å². The first-order valence-electron chi connectivity index (χ1n) is 7.32. The Morgan fingerprint density at radius 1 is 1.39 bits per heavy atom. The average Bonchev–Trinajstić information content (AvgIpc) is 2.82. The molecule has 1 amide bonds. The molecule has 1 aromatic rings. The van der Waals surface area contributed by atoms with E-state index in [9.17, 15) is 14.7 Å². The molecule has 5 nitrogen and oxygen atoms in total. The van der Waals surface area contributed by atoms with Gasteiger partial charge in [0.25, 0.3) is 0 Å². The number of benzene rings is 1. The molecule has 0 aromatic heterocycles. The zero-order chi connectivity index (χ0) is 16.8. The van der Waals surface area contributed by atoms with Crippen LogP contribution >= 0.6 is 27.7 Å². The molecular formula is C16H18BrNO4S. The highest BCUT2D eigenvalue weighted by molar-refractivity contribution is 9.10. The van der Waals surface area contributed by atoms with Crippen LogP contribution in [-0.4, -0.2) is 49.0 Å². The molecule has 0 bridgehead atoms. The van der Waals surface area contributed by atoms with Crippen LogP contribution in [0.1, 0.15) is 19.4 Å². The van der Waals surface area contributed by atoms with Crippen molar-refractivity contribution in [3.8, 4) is 0 Å². The molecule has 2 aliphatic heterocycles. The van der Waals surface area contributed by atoms with Crippen molar-refractivity contribution < 1.29 is 19.4 Å². The SMILES string of the molecule is CC1(C)S[C@H]2N(C(=O)C2(Br)CO)[C@H]1C(=O)OCc1ccccc1. The minimum atomic E-state index is -0.983. The van der Waals surface area contributed by atoms with Gasteiger partial charge in [0.05, 0.1) is 6.61 Å². The van der Waals surface area contributed by atoms with Gasteiger partial charge in [0.15, 0.2) is 4.32 Å². The normalized spacial score (nSPS) is 31.5. The van der Waals surface area contributed by atoms with E-state index < -0.39 is 21.1 Å². The number of alkyl halides is 1. The first kappa shape index (κ1) is 16.8. The molecule has 3 atom stereocenters. The fourth-order valence-electron chi connectivity index (χ4n) is 3.02. The van der Waals surface area contributed by atoms with E-state index >= 15 is 0 Å². The van der Waals surface area contributed by atoms with Crippen molar-refractivity contribution in [2.75, 3.05) is 6.61 Å². The summed E-state index contributed by atoms with van der Waals surface area (Å²) >= 11 is 4.84. The van der Waals surface area contributed by atoms with Gasteiger partial charge in [0.1, 0.15) is 18.0 Å². The van der Waals surface area contributed by atoms with Crippen LogP contribution in [-0.2, 0) is 20.9 Å². The number of esters is 1. The Hall–Kier alpha value is -1.05. The van der Waals surface area contributed by atoms with E-state index in [1.807, 2.05) is 44.2 Å². The Morgan fingerprint density at radius 3 is 2.65 bits per heavy atom. The van der Waals surface area contributed by atoms with Crippen LogP contribution in [0.25, 0.3) is 0 Å². The van der Waals surface area contributed by atoms with E-state index in [1.165, 1.54) is 16.7 Å². The number of β-lactam (4-membered cyclic amide) rings is 1. The van der Waals surface area contributed by atoms with Gasteiger partial charge in [-0.15, -0.1) is 11.8 Å². The second-order valence-electron chi connectivity index (χ2n) is 6.30. The molecule has 2 heterocycles. The molecule has 0 spiro atoms. The molecule has 7 heteroatoms. The second kappa shape index (κ2) is 5.79. The van der Waals surface area contributed by atoms with Gasteiger partial charge in [0.2, 0.25) is 5.91 Å². The fourth-order valence-corrected chi connectivity index (χ4v) is 5.33. The summed E-state index contributed by atoms with van der Waals surface area (Å²) in [5, 5.41) is 9.23. The second-order valence-corrected chi connectivity index (χ2v) is 9.45. The molecular weight excluding hydrogens is 382 g/mol. The highest BCUT2D eigenvalue weighted by atomic mass is 79.9. The van der Waals surface area contributed by atoms with Gasteiger partial charge >= 0.3 is 5.97 Å². The first-order chi connectivity index (χ1) is 10.8. The predicted molar refractivity (Wildman–Crippen MR) is 91.1 cm³/mol. The summed E-state index contributed by atoms with van der Waals surface area (Å²) in [5.41, 5.74) is 0.904. The number of thioether (sulfide) groups is 1. The van der Waals surface area contributed by atoms with E-state index in [2.05, 4.69) is 15.9 Å². The van der Waals surface area contributed by atoms with Crippen molar-refractivity contribution in [3.05, 3.63) is 35.9 Å². The summed E-state index contributed by atoms with van der Waals surface area (Å²) in [6.07, 6.45) is 0. The molecule has 3 rings (SSSR count). The number of halogens is 1. The molecule has 0 radical (unpaired) electrons. The number of hydrogen-bond donors (Lipinski definition) is 1. The van der Waals surface area contributed by atoms with Crippen LogP contribution in [0, 0.1) is 0 Å². The van der Waals surface area contributed by atoms with Gasteiger partial charge in [0, 0.05) is 4.75 Å². The minimum Gasteiger partial charge on any atom is -0.459 e. The van der Waals surface area contributed by atoms with E-state index in [4.69, 9.17) is 4.74 Å². The number of aliphatic hydroxyl groups excluding tert-OH is 1. The largest absolute Gasteiger partial charge is 0.459 e. The number of amides is 1. The maximum Gasteiger partial charge on any atom is 0.330 e. The molecule has 0 saturated carbocycles. The lowest BCUT2D eigenvalue weighted by Gasteiger charge is -2.49. The summed E-state index contributed by atoms with van der Waals surface area (Å²) in [4.78, 5) is 26.5. The monoisotopic (exact) mass is 399 g/mol. The van der Waals surface area contributed by atoms with Gasteiger partial charge in [-0.05, 0) is 19.4 Å². The number of nitrogens with zero attached hydrogens (tertiary/aromatic N) is 1. The van der Waals surface area contributed by atoms with Crippen molar-refractivity contribution >= 4 is 39.6 Å². The quantitative estimate of drug-likeness (QED) is 0.475. The summed E-state index contributed by atoms with van der Waals surface area (Å²) < 4.78 is 3.97. The molecule has 2 fully saturated rings. The Kier molecular flexibility index (Phi) is 4.23. The molecule has 1 unspecified atom stereocenters. The van der Waals surface area contributed by atoms with Gasteiger partial charge in [-0.2, -0.15) is 0 Å². The van der Waals surface area contributed by atoms with E-state index in [-0.39, 0.29) is 24.5 Å². The number of rotatable bonds is 4. The topological polar surface area (TPSA) is 66.8 Å². The summed E-state index contributed by atoms with van der Waals surface area (Å²) in [6, 6.07) is 8.78. The van der Waals surface area contributed by atoms with Gasteiger partial charge in [-0.25, -0.2) is 4.79 Å². The standard InChI is InChI=1S/C16H18BrNO4S/c1-15(2)11(12(20)22-8-10-6-4-3-5-7-10)18-13(21)16(17,9-19)14(18)23-15/h3-7,11,14,19H,8-9H2,1-2H3/t11-,14+,16?/m0/s1. The Labute approximate surface area is 147 Å². The molecule has 2 aliphatic rings. The van der Waals surface area contributed by atoms with E-state index in [0.29, 0.717) is 0 Å². The van der Waals surface area contributed by atoms with Crippen molar-refractivity contribution in [1.82, 2.24) is 4.90 Å². The van der Waals surface area contributed by atoms with Crippen LogP contribution in [0.2, 0.25) is 0 Å². The third-order valence-electron chi connectivity index (χ3n) is 4.26. The van der Waals surface area contributed by atoms with Crippen LogP contribution in [0.5, 0.6) is 0 Å². The zero-order valence-electron chi connectivity index (χ0n) is 12.9. The van der Waals surface area contributed by atoms with E-state index in [0.717, 1.165) is 5.56 Å². The lowest BCUT2D eigenvalue weighted by atomic mass is 9.92. The van der Waals surface area contributed by atoms with E-state index in [1.54, 1.807) is 0 Å². The molecule has 23 heavy (non-hydrogen) atoms. The van der Waals surface area contributed by atoms with Crippen LogP contribution in [0.4, 0.5) is 0 Å². The number of carbonyl (C=O) groups is 2. The molecule has 1 aromatic carbocycles. The maximum absolute atomic E-state index is 12.6. The third kappa shape index (κ3) is 2.58. The van der Waals surface area contributed by atoms with Crippen LogP contribution in [0.3, 0.4) is 0 Å². The lowest BCUT2D eigenvalue weighted by Crippen LogP contribution is -2.72. The zero-order valence-corrected chi connectivity index (χ0v) is 15.3. The number of carbonyl (C=O) groups excluding carboxylic acids is 2. The Bertz CT molecular complexity index is 638. The number of hydrogen-bond acceptors (Lipinski definition) is 5. The lowest BCUT2D eigenvalue weighted by molar-refractivity contribution is -0.166. The van der Waals surface area contributed by atoms with Crippen molar-refractivity contribution in [2.45, 2.75) is 40.9 Å². The Balaban J connectivity index is 1.74. The molecule has 2 saturated heterocycles. The summed E-state index contributed by atoms with van der Waals surface area (Å²) in [6.45, 7) is 3.73. The molecule has 1 N–H and O–H groups in total. The number of ether oxygens (including phenoxy) is 1. The van der Waals surface area contributed by atoms with Crippen molar-refractivity contribution in [1.29, 1.82) is 0 Å². The highest BCUT2D eigenvalue weighted by Crippen LogP contribution is 2.57.